The van der Waals surface area contributed by atoms with Gasteiger partial charge in [0, 0.05) is 11.8 Å². The summed E-state index contributed by atoms with van der Waals surface area (Å²) in [5.74, 6) is 1.87. The highest BCUT2D eigenvalue weighted by molar-refractivity contribution is 9.10. The molecule has 1 aromatic carbocycles. The topological polar surface area (TPSA) is 63.4 Å². The fourth-order valence-electron chi connectivity index (χ4n) is 1.93. The molecule has 6 heteroatoms. The van der Waals surface area contributed by atoms with E-state index in [0.29, 0.717) is 10.9 Å². The molecule has 1 fully saturated rings. The third-order valence-corrected chi connectivity index (χ3v) is 5.06. The van der Waals surface area contributed by atoms with E-state index >= 15 is 0 Å². The van der Waals surface area contributed by atoms with Crippen LogP contribution in [0.2, 0.25) is 0 Å². The second-order valence-electron chi connectivity index (χ2n) is 4.08. The van der Waals surface area contributed by atoms with Gasteiger partial charge in [0.2, 0.25) is 0 Å². The highest BCUT2D eigenvalue weighted by Crippen LogP contribution is 2.33. The molecule has 17 heavy (non-hydrogen) atoms. The number of hydrogen-bond acceptors (Lipinski definition) is 4. The van der Waals surface area contributed by atoms with Crippen LogP contribution in [-0.4, -0.2) is 27.6 Å². The maximum absolute atomic E-state index is 10.8. The molecule has 2 atom stereocenters. The summed E-state index contributed by atoms with van der Waals surface area (Å²) in [5.41, 5.74) is 0.980. The van der Waals surface area contributed by atoms with Gasteiger partial charge in [0.25, 0.3) is 5.69 Å². The predicted octanol–water partition coefficient (Wildman–Crippen LogP) is 2.62. The number of thioether (sulfide) groups is 1. The lowest BCUT2D eigenvalue weighted by atomic mass is 9.96. The molecule has 0 saturated carbocycles. The Hall–Kier alpha value is -0.590. The Morgan fingerprint density at radius 3 is 2.88 bits per heavy atom. The Kier molecular flexibility index (Phi) is 4.06. The third kappa shape index (κ3) is 2.81. The van der Waals surface area contributed by atoms with E-state index in [0.717, 1.165) is 17.1 Å². The van der Waals surface area contributed by atoms with Crippen LogP contribution in [0.4, 0.5) is 5.69 Å². The van der Waals surface area contributed by atoms with Crippen LogP contribution in [-0.2, 0) is 6.42 Å². The van der Waals surface area contributed by atoms with Crippen molar-refractivity contribution in [1.82, 2.24) is 0 Å². The molecule has 4 nitrogen and oxygen atoms in total. The third-order valence-electron chi connectivity index (χ3n) is 2.90. The van der Waals surface area contributed by atoms with E-state index in [2.05, 4.69) is 15.9 Å². The minimum Gasteiger partial charge on any atom is -0.392 e. The number of aliphatic hydroxyl groups is 1. The monoisotopic (exact) mass is 317 g/mol. The Morgan fingerprint density at radius 1 is 1.53 bits per heavy atom. The van der Waals surface area contributed by atoms with E-state index in [9.17, 15) is 15.2 Å². The summed E-state index contributed by atoms with van der Waals surface area (Å²) in [6, 6.07) is 5.03. The van der Waals surface area contributed by atoms with Gasteiger partial charge in [0.05, 0.1) is 15.5 Å². The Balaban J connectivity index is 2.21. The van der Waals surface area contributed by atoms with Crippen molar-refractivity contribution in [1.29, 1.82) is 0 Å². The van der Waals surface area contributed by atoms with Crippen molar-refractivity contribution in [2.75, 3.05) is 11.5 Å². The number of aliphatic hydroxyl groups excluding tert-OH is 1. The van der Waals surface area contributed by atoms with Gasteiger partial charge < -0.3 is 5.11 Å². The number of nitro groups is 1. The predicted molar refractivity (Wildman–Crippen MR) is 71.3 cm³/mol. The Labute approximate surface area is 112 Å². The van der Waals surface area contributed by atoms with Crippen molar-refractivity contribution in [3.63, 3.8) is 0 Å². The largest absolute Gasteiger partial charge is 0.392 e. The number of halogens is 1. The van der Waals surface area contributed by atoms with Crippen LogP contribution in [0.25, 0.3) is 0 Å². The molecule has 0 bridgehead atoms. The fraction of sp³-hybridized carbons (Fsp3) is 0.455. The van der Waals surface area contributed by atoms with Crippen LogP contribution in [0.15, 0.2) is 22.7 Å². The van der Waals surface area contributed by atoms with Gasteiger partial charge in [-0.2, -0.15) is 11.8 Å². The molecule has 92 valence electrons. The van der Waals surface area contributed by atoms with Crippen LogP contribution >= 0.6 is 27.7 Å². The molecule has 0 radical (unpaired) electrons. The van der Waals surface area contributed by atoms with Crippen LogP contribution in [0.3, 0.4) is 0 Å². The molecule has 0 spiro atoms. The van der Waals surface area contributed by atoms with Crippen molar-refractivity contribution >= 4 is 33.4 Å². The average molecular weight is 318 g/mol. The van der Waals surface area contributed by atoms with Gasteiger partial charge in [0.1, 0.15) is 0 Å². The minimum absolute atomic E-state index is 0.0858. The molecule has 1 heterocycles. The summed E-state index contributed by atoms with van der Waals surface area (Å²) in [4.78, 5) is 10.4. The zero-order valence-corrected chi connectivity index (χ0v) is 11.4. The SMILES string of the molecule is O=[N+]([O-])c1cccc(CC2CSCC2O)c1Br. The van der Waals surface area contributed by atoms with E-state index in [1.807, 2.05) is 6.07 Å². The lowest BCUT2D eigenvalue weighted by molar-refractivity contribution is -0.385. The van der Waals surface area contributed by atoms with Gasteiger partial charge in [-0.3, -0.25) is 10.1 Å². The first-order chi connectivity index (χ1) is 8.09. The number of rotatable bonds is 3. The van der Waals surface area contributed by atoms with E-state index < -0.39 is 4.92 Å². The van der Waals surface area contributed by atoms with Crippen molar-refractivity contribution in [3.05, 3.63) is 38.3 Å². The average Bonchev–Trinajstić information content (AvgIpc) is 2.67. The van der Waals surface area contributed by atoms with E-state index in [-0.39, 0.29) is 17.7 Å². The van der Waals surface area contributed by atoms with Crippen LogP contribution in [0.1, 0.15) is 5.56 Å². The molecule has 1 aliphatic rings. The molecule has 1 aliphatic heterocycles. The smallest absolute Gasteiger partial charge is 0.283 e. The zero-order valence-electron chi connectivity index (χ0n) is 9.01. The van der Waals surface area contributed by atoms with Crippen molar-refractivity contribution in [2.24, 2.45) is 5.92 Å². The summed E-state index contributed by atoms with van der Waals surface area (Å²) < 4.78 is 0.536. The molecule has 0 aromatic heterocycles. The Bertz CT molecular complexity index is 441. The van der Waals surface area contributed by atoms with Gasteiger partial charge in [-0.05, 0) is 39.6 Å². The Morgan fingerprint density at radius 2 is 2.29 bits per heavy atom. The van der Waals surface area contributed by atoms with Gasteiger partial charge in [-0.15, -0.1) is 0 Å². The van der Waals surface area contributed by atoms with E-state index in [1.54, 1.807) is 17.8 Å². The standard InChI is InChI=1S/C11H12BrNO3S/c12-11-7(2-1-3-9(11)13(15)16)4-8-5-17-6-10(8)14/h1-3,8,10,14H,4-6H2. The maximum atomic E-state index is 10.8. The summed E-state index contributed by atoms with van der Waals surface area (Å²) in [6.07, 6.45) is 0.377. The molecular weight excluding hydrogens is 306 g/mol. The first-order valence-corrected chi connectivity index (χ1v) is 7.22. The lowest BCUT2D eigenvalue weighted by Gasteiger charge is -2.14. The summed E-state index contributed by atoms with van der Waals surface area (Å²) in [5, 5.41) is 20.5. The molecule has 2 unspecified atom stereocenters. The summed E-state index contributed by atoms with van der Waals surface area (Å²) in [6.45, 7) is 0. The van der Waals surface area contributed by atoms with Gasteiger partial charge >= 0.3 is 0 Å². The fourth-order valence-corrected chi connectivity index (χ4v) is 3.79. The quantitative estimate of drug-likeness (QED) is 0.687. The zero-order chi connectivity index (χ0) is 12.4. The molecule has 0 amide bonds. The van der Waals surface area contributed by atoms with E-state index in [4.69, 9.17) is 0 Å². The van der Waals surface area contributed by atoms with Gasteiger partial charge in [-0.1, -0.05) is 12.1 Å². The first-order valence-electron chi connectivity index (χ1n) is 5.27. The second kappa shape index (κ2) is 5.37. The van der Waals surface area contributed by atoms with Crippen molar-refractivity contribution in [2.45, 2.75) is 12.5 Å². The summed E-state index contributed by atoms with van der Waals surface area (Å²) >= 11 is 5.01. The van der Waals surface area contributed by atoms with Gasteiger partial charge in [-0.25, -0.2) is 0 Å². The molecule has 0 aliphatic carbocycles. The van der Waals surface area contributed by atoms with Crippen LogP contribution < -0.4 is 0 Å². The molecule has 1 aromatic rings. The molecule has 1 N–H and O–H groups in total. The van der Waals surface area contributed by atoms with Crippen molar-refractivity contribution < 1.29 is 10.0 Å². The molecule has 2 rings (SSSR count). The normalized spacial score (nSPS) is 23.9. The van der Waals surface area contributed by atoms with Crippen LogP contribution in [0.5, 0.6) is 0 Å². The lowest BCUT2D eigenvalue weighted by Crippen LogP contribution is -2.20. The number of hydrogen-bond donors (Lipinski definition) is 1. The van der Waals surface area contributed by atoms with Crippen molar-refractivity contribution in [3.8, 4) is 0 Å². The second-order valence-corrected chi connectivity index (χ2v) is 5.94. The molecule has 1 saturated heterocycles. The minimum atomic E-state index is -0.395. The van der Waals surface area contributed by atoms with Gasteiger partial charge in [0.15, 0.2) is 0 Å². The highest BCUT2D eigenvalue weighted by atomic mass is 79.9. The number of nitro benzene ring substituents is 1. The first kappa shape index (κ1) is 12.9. The number of nitrogens with zero attached hydrogens (tertiary/aromatic N) is 1. The van der Waals surface area contributed by atoms with Crippen LogP contribution in [0, 0.1) is 16.0 Å². The maximum Gasteiger partial charge on any atom is 0.283 e. The summed E-state index contributed by atoms with van der Waals surface area (Å²) in [7, 11) is 0. The van der Waals surface area contributed by atoms with E-state index in [1.165, 1.54) is 6.07 Å². The molecular formula is C11H12BrNO3S. The highest BCUT2D eigenvalue weighted by Gasteiger charge is 2.27. The number of benzene rings is 1.